The van der Waals surface area contributed by atoms with Crippen molar-refractivity contribution >= 4 is 0 Å². The van der Waals surface area contributed by atoms with Crippen molar-refractivity contribution in [3.05, 3.63) is 95.1 Å². The third-order valence-electron chi connectivity index (χ3n) is 4.40. The van der Waals surface area contributed by atoms with Crippen LogP contribution in [0.4, 0.5) is 8.78 Å². The fourth-order valence-corrected chi connectivity index (χ4v) is 3.11. The van der Waals surface area contributed by atoms with Gasteiger partial charge in [0.05, 0.1) is 0 Å². The lowest BCUT2D eigenvalue weighted by molar-refractivity contribution is -0.0460. The number of ether oxygens (including phenoxy) is 2. The molecule has 1 aliphatic heterocycles. The highest BCUT2D eigenvalue weighted by molar-refractivity contribution is 5.50. The topological polar surface area (TPSA) is 44.5 Å². The number of hydrogen-bond acceptors (Lipinski definition) is 3. The van der Waals surface area contributed by atoms with Crippen LogP contribution in [0.5, 0.6) is 11.5 Å². The molecule has 0 saturated heterocycles. The zero-order valence-electron chi connectivity index (χ0n) is 13.9. The van der Waals surface area contributed by atoms with Gasteiger partial charge >= 0.3 is 5.79 Å². The average Bonchev–Trinajstić information content (AvgIpc) is 3.03. The first-order chi connectivity index (χ1) is 12.6. The van der Waals surface area contributed by atoms with E-state index in [0.29, 0.717) is 29.2 Å². The molecule has 0 bridgehead atoms. The Balaban J connectivity index is 1.82. The van der Waals surface area contributed by atoms with Gasteiger partial charge in [-0.25, -0.2) is 8.78 Å². The number of nitrogens with two attached hydrogens (primary N) is 1. The summed E-state index contributed by atoms with van der Waals surface area (Å²) in [5.41, 5.74) is 7.88. The monoisotopic (exact) mass is 353 g/mol. The van der Waals surface area contributed by atoms with E-state index in [0.717, 1.165) is 12.0 Å². The quantitative estimate of drug-likeness (QED) is 0.767. The number of halogens is 2. The van der Waals surface area contributed by atoms with Crippen molar-refractivity contribution in [2.24, 2.45) is 5.73 Å². The number of hydrogen-bond donors (Lipinski definition) is 1. The first kappa shape index (κ1) is 16.5. The second-order valence-corrected chi connectivity index (χ2v) is 6.15. The van der Waals surface area contributed by atoms with E-state index in [1.165, 1.54) is 24.3 Å². The van der Waals surface area contributed by atoms with Gasteiger partial charge in [-0.15, -0.1) is 0 Å². The van der Waals surface area contributed by atoms with Gasteiger partial charge in [0.15, 0.2) is 11.5 Å². The van der Waals surface area contributed by atoms with Crippen LogP contribution in [0.1, 0.15) is 16.7 Å². The molecule has 0 fully saturated rings. The molecule has 3 nitrogen and oxygen atoms in total. The van der Waals surface area contributed by atoms with Gasteiger partial charge < -0.3 is 15.2 Å². The maximum atomic E-state index is 13.4. The summed E-state index contributed by atoms with van der Waals surface area (Å²) in [4.78, 5) is 0. The highest BCUT2D eigenvalue weighted by Gasteiger charge is 2.45. The van der Waals surface area contributed by atoms with Crippen LogP contribution in [0.25, 0.3) is 0 Å². The van der Waals surface area contributed by atoms with Crippen LogP contribution >= 0.6 is 0 Å². The van der Waals surface area contributed by atoms with E-state index in [1.807, 2.05) is 18.2 Å². The molecule has 132 valence electrons. The van der Waals surface area contributed by atoms with Gasteiger partial charge in [-0.05, 0) is 79.2 Å². The van der Waals surface area contributed by atoms with E-state index in [4.69, 9.17) is 15.2 Å². The molecule has 1 aliphatic rings. The summed E-state index contributed by atoms with van der Waals surface area (Å²) in [5, 5.41) is 0. The summed E-state index contributed by atoms with van der Waals surface area (Å²) in [6.45, 7) is 0.528. The van der Waals surface area contributed by atoms with Gasteiger partial charge in [0, 0.05) is 11.1 Å². The molecule has 0 atom stereocenters. The van der Waals surface area contributed by atoms with Crippen molar-refractivity contribution in [1.29, 1.82) is 0 Å². The maximum Gasteiger partial charge on any atom is 0.305 e. The Kier molecular flexibility index (Phi) is 4.09. The molecule has 26 heavy (non-hydrogen) atoms. The van der Waals surface area contributed by atoms with E-state index >= 15 is 0 Å². The molecule has 1 heterocycles. The molecule has 0 saturated carbocycles. The van der Waals surface area contributed by atoms with Crippen LogP contribution in [-0.4, -0.2) is 6.54 Å². The van der Waals surface area contributed by atoms with Crippen LogP contribution in [-0.2, 0) is 12.2 Å². The lowest BCUT2D eigenvalue weighted by atomic mass is 9.97. The SMILES string of the molecule is NCCc1ccc2c(c1)OC(c1ccc(F)cc1)(c1ccc(F)cc1)O2. The molecule has 4 rings (SSSR count). The van der Waals surface area contributed by atoms with Crippen molar-refractivity contribution in [3.8, 4) is 11.5 Å². The van der Waals surface area contributed by atoms with Gasteiger partial charge in [-0.3, -0.25) is 0 Å². The van der Waals surface area contributed by atoms with Crippen molar-refractivity contribution < 1.29 is 18.3 Å². The molecule has 2 N–H and O–H groups in total. The van der Waals surface area contributed by atoms with Crippen LogP contribution in [0.3, 0.4) is 0 Å². The van der Waals surface area contributed by atoms with Gasteiger partial charge in [-0.2, -0.15) is 0 Å². The molecule has 0 aromatic heterocycles. The van der Waals surface area contributed by atoms with Crippen molar-refractivity contribution in [3.63, 3.8) is 0 Å². The normalized spacial score (nSPS) is 14.4. The Morgan fingerprint density at radius 1 is 0.731 bits per heavy atom. The molecule has 0 aliphatic carbocycles. The molecule has 3 aromatic rings. The molecule has 0 amide bonds. The summed E-state index contributed by atoms with van der Waals surface area (Å²) in [6.07, 6.45) is 0.719. The predicted molar refractivity (Wildman–Crippen MR) is 94.0 cm³/mol. The maximum absolute atomic E-state index is 13.4. The Morgan fingerprint density at radius 3 is 1.81 bits per heavy atom. The zero-order valence-corrected chi connectivity index (χ0v) is 13.9. The van der Waals surface area contributed by atoms with Crippen LogP contribution in [0.15, 0.2) is 66.7 Å². The summed E-state index contributed by atoms with van der Waals surface area (Å²) >= 11 is 0. The van der Waals surface area contributed by atoms with Crippen LogP contribution in [0.2, 0.25) is 0 Å². The Morgan fingerprint density at radius 2 is 1.27 bits per heavy atom. The lowest BCUT2D eigenvalue weighted by Crippen LogP contribution is -2.36. The second kappa shape index (κ2) is 6.42. The highest BCUT2D eigenvalue weighted by Crippen LogP contribution is 2.48. The Labute approximate surface area is 150 Å². The number of benzene rings is 3. The molecular formula is C21H17F2NO2. The molecule has 0 spiro atoms. The third-order valence-corrected chi connectivity index (χ3v) is 4.40. The second-order valence-electron chi connectivity index (χ2n) is 6.15. The van der Waals surface area contributed by atoms with E-state index in [2.05, 4.69) is 0 Å². The van der Waals surface area contributed by atoms with E-state index in [1.54, 1.807) is 24.3 Å². The number of fused-ring (bicyclic) bond motifs is 1. The largest absolute Gasteiger partial charge is 0.440 e. The number of rotatable bonds is 4. The fraction of sp³-hybridized carbons (Fsp3) is 0.143. The van der Waals surface area contributed by atoms with Gasteiger partial charge in [0.2, 0.25) is 0 Å². The van der Waals surface area contributed by atoms with E-state index in [-0.39, 0.29) is 11.6 Å². The summed E-state index contributed by atoms with van der Waals surface area (Å²) in [7, 11) is 0. The fourth-order valence-electron chi connectivity index (χ4n) is 3.11. The molecule has 3 aromatic carbocycles. The Hall–Kier alpha value is -2.92. The standard InChI is InChI=1S/C21H17F2NO2/c22-17-6-2-15(3-7-17)21(16-4-8-18(23)9-5-16)25-19-10-1-14(11-12-24)13-20(19)26-21/h1-10,13H,11-12,24H2. The summed E-state index contributed by atoms with van der Waals surface area (Å²) in [6, 6.07) is 17.4. The van der Waals surface area contributed by atoms with Gasteiger partial charge in [0.1, 0.15) is 11.6 Å². The minimum absolute atomic E-state index is 0.358. The average molecular weight is 353 g/mol. The zero-order chi connectivity index (χ0) is 18.1. The van der Waals surface area contributed by atoms with Crippen molar-refractivity contribution in [2.75, 3.05) is 6.54 Å². The first-order valence-electron chi connectivity index (χ1n) is 8.34. The van der Waals surface area contributed by atoms with Crippen LogP contribution < -0.4 is 15.2 Å². The molecule has 5 heteroatoms. The van der Waals surface area contributed by atoms with Gasteiger partial charge in [-0.1, -0.05) is 6.07 Å². The highest BCUT2D eigenvalue weighted by atomic mass is 19.1. The smallest absolute Gasteiger partial charge is 0.305 e. The lowest BCUT2D eigenvalue weighted by Gasteiger charge is -2.28. The van der Waals surface area contributed by atoms with Gasteiger partial charge in [0.25, 0.3) is 0 Å². The van der Waals surface area contributed by atoms with E-state index < -0.39 is 5.79 Å². The predicted octanol–water partition coefficient (Wildman–Crippen LogP) is 4.14. The minimum Gasteiger partial charge on any atom is -0.440 e. The molecular weight excluding hydrogens is 336 g/mol. The van der Waals surface area contributed by atoms with E-state index in [9.17, 15) is 8.78 Å². The van der Waals surface area contributed by atoms with Crippen molar-refractivity contribution in [2.45, 2.75) is 12.2 Å². The third kappa shape index (κ3) is 2.80. The Bertz CT molecular complexity index is 878. The van der Waals surface area contributed by atoms with Crippen LogP contribution in [0, 0.1) is 11.6 Å². The molecule has 0 radical (unpaired) electrons. The summed E-state index contributed by atoms with van der Waals surface area (Å²) < 4.78 is 39.2. The molecule has 0 unspecified atom stereocenters. The van der Waals surface area contributed by atoms with Crippen molar-refractivity contribution in [1.82, 2.24) is 0 Å². The summed E-state index contributed by atoms with van der Waals surface area (Å²) in [5.74, 6) is -0.873. The first-order valence-corrected chi connectivity index (χ1v) is 8.34. The minimum atomic E-state index is -1.30.